The van der Waals surface area contributed by atoms with Crippen molar-refractivity contribution in [2.24, 2.45) is 0 Å². The summed E-state index contributed by atoms with van der Waals surface area (Å²) in [4.78, 5) is 11.9. The molecule has 0 fully saturated rings. The van der Waals surface area contributed by atoms with Gasteiger partial charge in [-0.2, -0.15) is 0 Å². The van der Waals surface area contributed by atoms with E-state index in [1.165, 1.54) is 4.57 Å². The van der Waals surface area contributed by atoms with E-state index in [0.29, 0.717) is 37.0 Å². The van der Waals surface area contributed by atoms with Crippen LogP contribution in [0.2, 0.25) is 6.04 Å². The lowest BCUT2D eigenvalue weighted by molar-refractivity contribution is -0.147. The minimum atomic E-state index is -2.97. The number of aromatic hydroxyl groups is 2. The van der Waals surface area contributed by atoms with Crippen molar-refractivity contribution in [2.45, 2.75) is 52.0 Å². The fourth-order valence-corrected chi connectivity index (χ4v) is 6.56. The van der Waals surface area contributed by atoms with Crippen molar-refractivity contribution >= 4 is 14.8 Å². The summed E-state index contributed by atoms with van der Waals surface area (Å²) in [7, 11) is -2.97. The molecular formula is C21H31NO8Si. The van der Waals surface area contributed by atoms with Crippen LogP contribution in [0.1, 0.15) is 44.9 Å². The molecule has 0 saturated heterocycles. The first-order valence-electron chi connectivity index (χ1n) is 10.5. The van der Waals surface area contributed by atoms with Crippen molar-refractivity contribution in [1.29, 1.82) is 0 Å². The van der Waals surface area contributed by atoms with Gasteiger partial charge in [0.1, 0.15) is 12.7 Å². The molecule has 9 nitrogen and oxygen atoms in total. The Kier molecular flexibility index (Phi) is 6.97. The second-order valence-electron chi connectivity index (χ2n) is 7.46. The van der Waals surface area contributed by atoms with Gasteiger partial charge in [-0.3, -0.25) is 4.57 Å². The predicted molar refractivity (Wildman–Crippen MR) is 114 cm³/mol. The fourth-order valence-electron chi connectivity index (χ4n) is 4.06. The summed E-state index contributed by atoms with van der Waals surface area (Å²) in [5.41, 5.74) is -0.000113. The van der Waals surface area contributed by atoms with Crippen LogP contribution in [0, 0.1) is 0 Å². The molecule has 0 aliphatic carbocycles. The fraction of sp³-hybridized carbons (Fsp3) is 0.571. The number of carbonyl (C=O) groups excluding carboxylic acids is 1. The van der Waals surface area contributed by atoms with E-state index in [2.05, 4.69) is 6.58 Å². The Morgan fingerprint density at radius 3 is 2.35 bits per heavy atom. The molecule has 0 saturated carbocycles. The van der Waals surface area contributed by atoms with Crippen molar-refractivity contribution in [3.63, 3.8) is 0 Å². The molecule has 2 unspecified atom stereocenters. The molecule has 2 bridgehead atoms. The third-order valence-corrected chi connectivity index (χ3v) is 8.35. The Morgan fingerprint density at radius 2 is 1.81 bits per heavy atom. The number of hydrogen-bond acceptors (Lipinski definition) is 8. The zero-order valence-corrected chi connectivity index (χ0v) is 19.5. The molecule has 0 radical (unpaired) electrons. The first-order valence-corrected chi connectivity index (χ1v) is 12.4. The van der Waals surface area contributed by atoms with Crippen molar-refractivity contribution in [1.82, 2.24) is 4.57 Å². The molecule has 0 amide bonds. The Morgan fingerprint density at radius 1 is 1.19 bits per heavy atom. The van der Waals surface area contributed by atoms with Crippen LogP contribution < -0.4 is 0 Å². The normalized spacial score (nSPS) is 21.5. The van der Waals surface area contributed by atoms with Gasteiger partial charge in [0.15, 0.2) is 5.60 Å². The molecule has 2 N–H and O–H groups in total. The highest BCUT2D eigenvalue weighted by Crippen LogP contribution is 2.58. The molecule has 2 atom stereocenters. The monoisotopic (exact) mass is 453 g/mol. The predicted octanol–water partition coefficient (Wildman–Crippen LogP) is 2.90. The maximum absolute atomic E-state index is 11.9. The summed E-state index contributed by atoms with van der Waals surface area (Å²) in [6, 6.07) is 0.369. The molecule has 0 aromatic carbocycles. The molecule has 31 heavy (non-hydrogen) atoms. The maximum Gasteiger partial charge on any atom is 0.502 e. The number of aromatic nitrogens is 1. The molecule has 2 aliphatic rings. The molecule has 2 aliphatic heterocycles. The Labute approximate surface area is 183 Å². The quantitative estimate of drug-likeness (QED) is 0.215. The highest BCUT2D eigenvalue weighted by molar-refractivity contribution is 6.60. The van der Waals surface area contributed by atoms with Gasteiger partial charge in [0.25, 0.3) is 0 Å². The number of ether oxygens (including phenoxy) is 2. The van der Waals surface area contributed by atoms with Crippen LogP contribution in [0.4, 0.5) is 0 Å². The second kappa shape index (κ2) is 9.17. The van der Waals surface area contributed by atoms with E-state index < -0.39 is 26.5 Å². The summed E-state index contributed by atoms with van der Waals surface area (Å²) in [5, 5.41) is 21.9. The number of carbonyl (C=O) groups is 1. The minimum absolute atomic E-state index is 0.0950. The molecule has 172 valence electrons. The third-order valence-electron chi connectivity index (χ3n) is 5.33. The van der Waals surface area contributed by atoms with E-state index >= 15 is 0 Å². The number of rotatable bonds is 12. The first-order chi connectivity index (χ1) is 14.7. The lowest BCUT2D eigenvalue weighted by atomic mass is 9.90. The number of fused-ring (bicyclic) bond motifs is 5. The zero-order valence-electron chi connectivity index (χ0n) is 18.5. The van der Waals surface area contributed by atoms with E-state index in [0.717, 1.165) is 0 Å². The molecule has 3 heterocycles. The van der Waals surface area contributed by atoms with Crippen LogP contribution in [-0.4, -0.2) is 56.0 Å². The summed E-state index contributed by atoms with van der Waals surface area (Å²) in [6.45, 7) is 12.1. The number of esters is 1. The summed E-state index contributed by atoms with van der Waals surface area (Å²) in [5.74, 6) is -0.784. The molecular weight excluding hydrogens is 422 g/mol. The summed E-state index contributed by atoms with van der Waals surface area (Å²) >= 11 is 0. The van der Waals surface area contributed by atoms with Gasteiger partial charge in [-0.1, -0.05) is 12.7 Å². The standard InChI is InChI=1S/C21H31NO8Si/c1-6-27-31(28-7-2,29-8-3)12-11-22-18(23)16-15-9-10-21(30-15,17(16)19(22)24)13-26-20(25)14(4)5/h9-10,15,23-24H,4,6-8,11-13H2,1-3,5H3. The largest absolute Gasteiger partial charge is 0.502 e. The summed E-state index contributed by atoms with van der Waals surface area (Å²) < 4.78 is 30.3. The van der Waals surface area contributed by atoms with Crippen LogP contribution in [-0.2, 0) is 39.7 Å². The van der Waals surface area contributed by atoms with E-state index in [-0.39, 0.29) is 30.5 Å². The van der Waals surface area contributed by atoms with Crippen LogP contribution >= 0.6 is 0 Å². The highest BCUT2D eigenvalue weighted by Gasteiger charge is 2.54. The maximum atomic E-state index is 11.9. The van der Waals surface area contributed by atoms with Gasteiger partial charge in [-0.15, -0.1) is 0 Å². The Bertz CT molecular complexity index is 862. The van der Waals surface area contributed by atoms with E-state index in [9.17, 15) is 15.0 Å². The van der Waals surface area contributed by atoms with E-state index in [4.69, 9.17) is 22.8 Å². The van der Waals surface area contributed by atoms with E-state index in [1.54, 1.807) is 19.1 Å². The first kappa shape index (κ1) is 23.5. The third kappa shape index (κ3) is 4.18. The SMILES string of the molecule is C=C(C)C(=O)OCC12C=CC(O1)c1c2c(O)n(CC[Si](OCC)(OCC)OCC)c1O. The zero-order chi connectivity index (χ0) is 22.8. The molecule has 1 aromatic heterocycles. The van der Waals surface area contributed by atoms with Crippen molar-refractivity contribution in [3.05, 3.63) is 35.4 Å². The van der Waals surface area contributed by atoms with Gasteiger partial charge >= 0.3 is 14.8 Å². The Hall–Kier alpha value is -2.11. The Balaban J connectivity index is 1.87. The molecule has 10 heteroatoms. The van der Waals surface area contributed by atoms with Crippen molar-refractivity contribution < 1.29 is 37.8 Å². The molecule has 0 spiro atoms. The highest BCUT2D eigenvalue weighted by atomic mass is 28.4. The number of hydrogen-bond donors (Lipinski definition) is 2. The van der Waals surface area contributed by atoms with E-state index in [1.807, 2.05) is 20.8 Å². The molecule has 1 aromatic rings. The van der Waals surface area contributed by atoms with Gasteiger partial charge in [-0.25, -0.2) is 4.79 Å². The van der Waals surface area contributed by atoms with Gasteiger partial charge in [-0.05, 0) is 33.8 Å². The average molecular weight is 454 g/mol. The second-order valence-corrected chi connectivity index (χ2v) is 10.2. The van der Waals surface area contributed by atoms with Crippen molar-refractivity contribution in [2.75, 3.05) is 26.4 Å². The van der Waals surface area contributed by atoms with Crippen LogP contribution in [0.25, 0.3) is 0 Å². The number of nitrogens with zero attached hydrogens (tertiary/aromatic N) is 1. The van der Waals surface area contributed by atoms with Gasteiger partial charge in [0.2, 0.25) is 11.8 Å². The van der Waals surface area contributed by atoms with Gasteiger partial charge < -0.3 is 33.0 Å². The topological polar surface area (TPSA) is 109 Å². The lowest BCUT2D eigenvalue weighted by Crippen LogP contribution is -2.46. The van der Waals surface area contributed by atoms with Gasteiger partial charge in [0, 0.05) is 38.0 Å². The average Bonchev–Trinajstić information content (AvgIpc) is 3.36. The van der Waals surface area contributed by atoms with Crippen LogP contribution in [0.3, 0.4) is 0 Å². The van der Waals surface area contributed by atoms with Crippen LogP contribution in [0.15, 0.2) is 24.3 Å². The summed E-state index contributed by atoms with van der Waals surface area (Å²) in [6.07, 6.45) is 2.99. The van der Waals surface area contributed by atoms with Crippen LogP contribution in [0.5, 0.6) is 11.8 Å². The van der Waals surface area contributed by atoms with Gasteiger partial charge in [0.05, 0.1) is 11.1 Å². The minimum Gasteiger partial charge on any atom is -0.494 e. The van der Waals surface area contributed by atoms with Crippen molar-refractivity contribution in [3.8, 4) is 11.8 Å². The lowest BCUT2D eigenvalue weighted by Gasteiger charge is -2.29. The smallest absolute Gasteiger partial charge is 0.494 e. The molecule has 3 rings (SSSR count).